The van der Waals surface area contributed by atoms with E-state index in [0.29, 0.717) is 22.2 Å². The largest absolute Gasteiger partial charge is 0.497 e. The summed E-state index contributed by atoms with van der Waals surface area (Å²) >= 11 is 5.92. The summed E-state index contributed by atoms with van der Waals surface area (Å²) in [6.45, 7) is 1.47. The van der Waals surface area contributed by atoms with Crippen molar-refractivity contribution in [2.24, 2.45) is 0 Å². The molecule has 1 aromatic heterocycles. The van der Waals surface area contributed by atoms with Crippen LogP contribution in [0.1, 0.15) is 19.3 Å². The highest BCUT2D eigenvalue weighted by molar-refractivity contribution is 7.91. The minimum Gasteiger partial charge on any atom is -0.497 e. The molecule has 4 rings (SSSR count). The Balaban J connectivity index is 1.82. The average molecular weight is 433 g/mol. The van der Waals surface area contributed by atoms with Gasteiger partial charge < -0.3 is 14.1 Å². The zero-order valence-electron chi connectivity index (χ0n) is 16.0. The number of hydrogen-bond acceptors (Lipinski definition) is 6. The van der Waals surface area contributed by atoms with Gasteiger partial charge in [0.15, 0.2) is 0 Å². The number of sulfone groups is 1. The second kappa shape index (κ2) is 8.08. The summed E-state index contributed by atoms with van der Waals surface area (Å²) in [7, 11) is -2.28. The maximum absolute atomic E-state index is 13.3. The molecule has 152 valence electrons. The maximum atomic E-state index is 13.3. The summed E-state index contributed by atoms with van der Waals surface area (Å²) in [5, 5.41) is 0.409. The van der Waals surface area contributed by atoms with Crippen molar-refractivity contribution in [2.75, 3.05) is 25.1 Å². The van der Waals surface area contributed by atoms with Gasteiger partial charge in [-0.25, -0.2) is 8.42 Å². The van der Waals surface area contributed by atoms with Gasteiger partial charge in [0.05, 0.1) is 12.0 Å². The molecule has 0 unspecified atom stereocenters. The van der Waals surface area contributed by atoms with Crippen molar-refractivity contribution < 1.29 is 17.6 Å². The van der Waals surface area contributed by atoms with Crippen LogP contribution >= 0.6 is 11.6 Å². The molecule has 0 N–H and O–H groups in total. The fraction of sp³-hybridized carbons (Fsp3) is 0.286. The van der Waals surface area contributed by atoms with E-state index in [0.717, 1.165) is 32.4 Å². The molecule has 0 saturated carbocycles. The molecule has 29 heavy (non-hydrogen) atoms. The topological polar surface area (TPSA) is 72.6 Å². The highest BCUT2D eigenvalue weighted by atomic mass is 35.5. The molecular formula is C21H21ClN2O4S. The monoisotopic (exact) mass is 432 g/mol. The van der Waals surface area contributed by atoms with Gasteiger partial charge in [0.25, 0.3) is 0 Å². The summed E-state index contributed by atoms with van der Waals surface area (Å²) < 4.78 is 37.9. The Labute approximate surface area is 175 Å². The summed E-state index contributed by atoms with van der Waals surface area (Å²) in [5.41, 5.74) is 0.682. The molecule has 8 heteroatoms. The molecule has 6 nitrogen and oxygen atoms in total. The van der Waals surface area contributed by atoms with Crippen molar-refractivity contribution in [3.8, 4) is 17.2 Å². The van der Waals surface area contributed by atoms with E-state index in [4.69, 9.17) is 20.8 Å². The van der Waals surface area contributed by atoms with Crippen LogP contribution in [0.5, 0.6) is 5.75 Å². The lowest BCUT2D eigenvalue weighted by Crippen LogP contribution is -2.30. The van der Waals surface area contributed by atoms with Gasteiger partial charge in [-0.2, -0.15) is 4.98 Å². The summed E-state index contributed by atoms with van der Waals surface area (Å²) in [6, 6.07) is 13.2. The van der Waals surface area contributed by atoms with Crippen LogP contribution < -0.4 is 9.64 Å². The van der Waals surface area contributed by atoms with Crippen LogP contribution in [0.3, 0.4) is 0 Å². The van der Waals surface area contributed by atoms with Crippen LogP contribution in [0.25, 0.3) is 11.5 Å². The molecule has 0 atom stereocenters. The second-order valence-electron chi connectivity index (χ2n) is 6.86. The number of nitrogens with zero attached hydrogens (tertiary/aromatic N) is 2. The van der Waals surface area contributed by atoms with Gasteiger partial charge in [0, 0.05) is 23.7 Å². The minimum absolute atomic E-state index is 0.0625. The number of halogens is 1. The van der Waals surface area contributed by atoms with Crippen LogP contribution in [0.15, 0.2) is 62.9 Å². The van der Waals surface area contributed by atoms with Crippen molar-refractivity contribution in [3.05, 3.63) is 53.6 Å². The van der Waals surface area contributed by atoms with E-state index < -0.39 is 9.84 Å². The maximum Gasteiger partial charge on any atom is 0.236 e. The van der Waals surface area contributed by atoms with E-state index >= 15 is 0 Å². The molecule has 0 amide bonds. The van der Waals surface area contributed by atoms with Gasteiger partial charge in [0.1, 0.15) is 5.75 Å². The normalized spacial score (nSPS) is 14.8. The molecule has 1 fully saturated rings. The van der Waals surface area contributed by atoms with Crippen LogP contribution in [0, 0.1) is 0 Å². The quantitative estimate of drug-likeness (QED) is 0.575. The van der Waals surface area contributed by atoms with Crippen LogP contribution in [0.4, 0.5) is 5.88 Å². The fourth-order valence-corrected chi connectivity index (χ4v) is 4.80. The number of methoxy groups -OCH3 is 1. The highest BCUT2D eigenvalue weighted by Crippen LogP contribution is 2.36. The highest BCUT2D eigenvalue weighted by Gasteiger charge is 2.32. The molecule has 1 aliphatic heterocycles. The molecule has 1 aliphatic rings. The van der Waals surface area contributed by atoms with Crippen molar-refractivity contribution in [1.82, 2.24) is 4.98 Å². The number of aromatic nitrogens is 1. The van der Waals surface area contributed by atoms with Gasteiger partial charge >= 0.3 is 0 Å². The first-order chi connectivity index (χ1) is 14.0. The molecule has 0 spiro atoms. The number of piperidine rings is 1. The average Bonchev–Trinajstić information content (AvgIpc) is 3.21. The molecule has 1 saturated heterocycles. The standard InChI is InChI=1S/C21H21ClN2O4S/c1-27-17-9-5-15(6-10-17)19-23-20(21(28-19)24-13-3-2-4-14-24)29(25,26)18-11-7-16(22)8-12-18/h5-12H,2-4,13-14H2,1H3. The van der Waals surface area contributed by atoms with Crippen LogP contribution in [-0.2, 0) is 9.84 Å². The first-order valence-corrected chi connectivity index (χ1v) is 11.3. The molecular weight excluding hydrogens is 412 g/mol. The molecule has 3 aromatic rings. The molecule has 0 bridgehead atoms. The van der Waals surface area contributed by atoms with Gasteiger partial charge in [-0.1, -0.05) is 11.6 Å². The Bertz CT molecular complexity index is 1090. The van der Waals surface area contributed by atoms with Crippen molar-refractivity contribution >= 4 is 27.3 Å². The fourth-order valence-electron chi connectivity index (χ4n) is 3.35. The van der Waals surface area contributed by atoms with Crippen molar-refractivity contribution in [3.63, 3.8) is 0 Å². The first-order valence-electron chi connectivity index (χ1n) is 9.40. The third-order valence-electron chi connectivity index (χ3n) is 4.94. The lowest BCUT2D eigenvalue weighted by Gasteiger charge is -2.26. The number of oxazole rings is 1. The zero-order chi connectivity index (χ0) is 20.4. The van der Waals surface area contributed by atoms with E-state index in [-0.39, 0.29) is 15.8 Å². The smallest absolute Gasteiger partial charge is 0.236 e. The predicted octanol–water partition coefficient (Wildman–Crippen LogP) is 4.83. The number of rotatable bonds is 5. The van der Waals surface area contributed by atoms with Crippen LogP contribution in [-0.4, -0.2) is 33.6 Å². The first kappa shape index (κ1) is 19.8. The van der Waals surface area contributed by atoms with E-state index in [1.807, 2.05) is 4.90 Å². The van der Waals surface area contributed by atoms with Crippen molar-refractivity contribution in [1.29, 1.82) is 0 Å². The van der Waals surface area contributed by atoms with E-state index in [2.05, 4.69) is 4.98 Å². The lowest BCUT2D eigenvalue weighted by atomic mass is 10.1. The Morgan fingerprint density at radius 1 is 1.00 bits per heavy atom. The molecule has 2 aromatic carbocycles. The Hall–Kier alpha value is -2.51. The van der Waals surface area contributed by atoms with Crippen LogP contribution in [0.2, 0.25) is 5.02 Å². The SMILES string of the molecule is COc1ccc(-c2nc(S(=O)(=O)c3ccc(Cl)cc3)c(N3CCCCC3)o2)cc1. The van der Waals surface area contributed by atoms with Gasteiger partial charge in [-0.15, -0.1) is 0 Å². The number of benzene rings is 2. The van der Waals surface area contributed by atoms with Gasteiger partial charge in [0.2, 0.25) is 26.6 Å². The lowest BCUT2D eigenvalue weighted by molar-refractivity contribution is 0.415. The molecule has 2 heterocycles. The third kappa shape index (κ3) is 3.97. The number of anilines is 1. The van der Waals surface area contributed by atoms with Crippen molar-refractivity contribution in [2.45, 2.75) is 29.2 Å². The number of ether oxygens (including phenoxy) is 1. The Kier molecular flexibility index (Phi) is 5.52. The summed E-state index contributed by atoms with van der Waals surface area (Å²) in [5.74, 6) is 1.26. The summed E-state index contributed by atoms with van der Waals surface area (Å²) in [6.07, 6.45) is 3.09. The Morgan fingerprint density at radius 2 is 1.66 bits per heavy atom. The number of hydrogen-bond donors (Lipinski definition) is 0. The Morgan fingerprint density at radius 3 is 2.28 bits per heavy atom. The zero-order valence-corrected chi connectivity index (χ0v) is 17.5. The van der Waals surface area contributed by atoms with E-state index in [1.165, 1.54) is 12.1 Å². The molecule has 0 aliphatic carbocycles. The second-order valence-corrected chi connectivity index (χ2v) is 9.16. The summed E-state index contributed by atoms with van der Waals surface area (Å²) in [4.78, 5) is 6.51. The minimum atomic E-state index is -3.87. The third-order valence-corrected chi connectivity index (χ3v) is 6.86. The van der Waals surface area contributed by atoms with Gasteiger partial charge in [-0.05, 0) is 67.8 Å². The molecule has 0 radical (unpaired) electrons. The van der Waals surface area contributed by atoms with E-state index in [1.54, 1.807) is 43.5 Å². The van der Waals surface area contributed by atoms with E-state index in [9.17, 15) is 8.42 Å². The predicted molar refractivity (Wildman–Crippen MR) is 111 cm³/mol. The van der Waals surface area contributed by atoms with Gasteiger partial charge in [-0.3, -0.25) is 0 Å².